The highest BCUT2D eigenvalue weighted by atomic mass is 16.5. The van der Waals surface area contributed by atoms with Crippen molar-refractivity contribution < 1.29 is 14.2 Å². The van der Waals surface area contributed by atoms with E-state index in [4.69, 9.17) is 14.2 Å². The molecule has 4 heteroatoms. The maximum atomic E-state index is 5.95. The molecule has 0 aromatic heterocycles. The number of hydrogen-bond donors (Lipinski definition) is 1. The van der Waals surface area contributed by atoms with E-state index in [1.807, 2.05) is 13.4 Å². The molecule has 110 valence electrons. The van der Waals surface area contributed by atoms with Gasteiger partial charge in [-0.1, -0.05) is 6.92 Å². The summed E-state index contributed by atoms with van der Waals surface area (Å²) in [6.45, 7) is 5.61. The van der Waals surface area contributed by atoms with E-state index in [0.29, 0.717) is 0 Å². The molecule has 0 radical (unpaired) electrons. The van der Waals surface area contributed by atoms with Gasteiger partial charge in [-0.15, -0.1) is 0 Å². The van der Waals surface area contributed by atoms with Crippen molar-refractivity contribution in [1.29, 1.82) is 0 Å². The van der Waals surface area contributed by atoms with Gasteiger partial charge in [-0.25, -0.2) is 0 Å². The first-order valence-electron chi connectivity index (χ1n) is 7.49. The third-order valence-corrected chi connectivity index (χ3v) is 4.20. The molecule has 0 aromatic carbocycles. The summed E-state index contributed by atoms with van der Waals surface area (Å²) >= 11 is 0. The van der Waals surface area contributed by atoms with Crippen molar-refractivity contribution >= 4 is 0 Å². The molecule has 19 heavy (non-hydrogen) atoms. The lowest BCUT2D eigenvalue weighted by Crippen LogP contribution is -2.56. The molecule has 2 aliphatic heterocycles. The lowest BCUT2D eigenvalue weighted by Gasteiger charge is -2.44. The average Bonchev–Trinajstić information content (AvgIpc) is 2.49. The number of ether oxygens (including phenoxy) is 3. The predicted octanol–water partition coefficient (Wildman–Crippen LogP) is 2.24. The molecule has 2 aliphatic rings. The van der Waals surface area contributed by atoms with E-state index in [0.717, 1.165) is 58.5 Å². The van der Waals surface area contributed by atoms with Crippen LogP contribution in [0.3, 0.4) is 0 Å². The maximum absolute atomic E-state index is 5.95. The fourth-order valence-corrected chi connectivity index (χ4v) is 3.07. The fraction of sp³-hybridized carbons (Fsp3) is 0.867. The van der Waals surface area contributed by atoms with Crippen LogP contribution in [0.4, 0.5) is 0 Å². The van der Waals surface area contributed by atoms with Gasteiger partial charge < -0.3 is 19.5 Å². The Morgan fingerprint density at radius 1 is 1.37 bits per heavy atom. The van der Waals surface area contributed by atoms with Gasteiger partial charge in [-0.3, -0.25) is 0 Å². The Hall–Kier alpha value is -0.580. The van der Waals surface area contributed by atoms with Crippen LogP contribution in [0.15, 0.2) is 11.8 Å². The molecule has 4 nitrogen and oxygen atoms in total. The molecule has 0 aromatic rings. The first-order valence-corrected chi connectivity index (χ1v) is 7.49. The third kappa shape index (κ3) is 3.50. The molecule has 1 unspecified atom stereocenters. The predicted molar refractivity (Wildman–Crippen MR) is 75.1 cm³/mol. The summed E-state index contributed by atoms with van der Waals surface area (Å²) in [5.41, 5.74) is 1.21. The molecule has 2 rings (SSSR count). The van der Waals surface area contributed by atoms with Gasteiger partial charge >= 0.3 is 0 Å². The molecular formula is C15H27NO3. The quantitative estimate of drug-likeness (QED) is 0.803. The van der Waals surface area contributed by atoms with Crippen LogP contribution in [-0.2, 0) is 14.2 Å². The second-order valence-corrected chi connectivity index (χ2v) is 5.44. The standard InChI is InChI=1S/C15H27NO3/c1-3-8-16-14(13-5-4-9-19-12-13)15(17-2)6-10-18-11-7-15/h12,14,16H,3-11H2,1-2H3. The van der Waals surface area contributed by atoms with Crippen LogP contribution in [0.25, 0.3) is 0 Å². The molecule has 0 amide bonds. The van der Waals surface area contributed by atoms with Gasteiger partial charge in [-0.2, -0.15) is 0 Å². The maximum Gasteiger partial charge on any atom is 0.0914 e. The lowest BCUT2D eigenvalue weighted by atomic mass is 9.80. The molecule has 0 aliphatic carbocycles. The molecule has 1 fully saturated rings. The zero-order valence-electron chi connectivity index (χ0n) is 12.2. The summed E-state index contributed by atoms with van der Waals surface area (Å²) in [5, 5.41) is 3.67. The van der Waals surface area contributed by atoms with Crippen molar-refractivity contribution in [2.75, 3.05) is 33.5 Å². The van der Waals surface area contributed by atoms with Crippen LogP contribution in [-0.4, -0.2) is 45.1 Å². The Labute approximate surface area is 116 Å². The highest BCUT2D eigenvalue weighted by Gasteiger charge is 2.42. The van der Waals surface area contributed by atoms with E-state index in [1.165, 1.54) is 5.57 Å². The molecule has 1 atom stereocenters. The van der Waals surface area contributed by atoms with Crippen molar-refractivity contribution in [1.82, 2.24) is 5.32 Å². The van der Waals surface area contributed by atoms with Gasteiger partial charge in [0, 0.05) is 33.2 Å². The van der Waals surface area contributed by atoms with Crippen molar-refractivity contribution in [3.63, 3.8) is 0 Å². The summed E-state index contributed by atoms with van der Waals surface area (Å²) in [4.78, 5) is 0. The Balaban J connectivity index is 2.16. The van der Waals surface area contributed by atoms with Gasteiger partial charge in [0.2, 0.25) is 0 Å². The Bertz CT molecular complexity index is 298. The van der Waals surface area contributed by atoms with E-state index in [1.54, 1.807) is 0 Å². The third-order valence-electron chi connectivity index (χ3n) is 4.20. The monoisotopic (exact) mass is 269 g/mol. The van der Waals surface area contributed by atoms with Crippen LogP contribution in [0.2, 0.25) is 0 Å². The van der Waals surface area contributed by atoms with Crippen LogP contribution in [0.5, 0.6) is 0 Å². The normalized spacial score (nSPS) is 24.4. The molecular weight excluding hydrogens is 242 g/mol. The van der Waals surface area contributed by atoms with E-state index >= 15 is 0 Å². The zero-order chi connectivity index (χ0) is 13.6. The summed E-state index contributed by atoms with van der Waals surface area (Å²) in [6, 6.07) is 0.252. The van der Waals surface area contributed by atoms with E-state index < -0.39 is 0 Å². The van der Waals surface area contributed by atoms with Crippen molar-refractivity contribution in [2.24, 2.45) is 0 Å². The molecule has 1 N–H and O–H groups in total. The van der Waals surface area contributed by atoms with Crippen molar-refractivity contribution in [2.45, 2.75) is 50.7 Å². The Morgan fingerprint density at radius 2 is 2.16 bits per heavy atom. The topological polar surface area (TPSA) is 39.7 Å². The number of nitrogens with one attached hydrogen (secondary N) is 1. The lowest BCUT2D eigenvalue weighted by molar-refractivity contribution is -0.105. The Kier molecular flexibility index (Phi) is 5.67. The molecule has 1 saturated heterocycles. The minimum atomic E-state index is -0.139. The van der Waals surface area contributed by atoms with E-state index in [-0.39, 0.29) is 11.6 Å². The van der Waals surface area contributed by atoms with Gasteiger partial charge in [0.05, 0.1) is 24.5 Å². The largest absolute Gasteiger partial charge is 0.501 e. The summed E-state index contributed by atoms with van der Waals surface area (Å²) in [5.74, 6) is 0. The highest BCUT2D eigenvalue weighted by Crippen LogP contribution is 2.34. The second kappa shape index (κ2) is 7.27. The van der Waals surface area contributed by atoms with Crippen LogP contribution < -0.4 is 5.32 Å². The van der Waals surface area contributed by atoms with E-state index in [9.17, 15) is 0 Å². The molecule has 0 spiro atoms. The summed E-state index contributed by atoms with van der Waals surface area (Å²) in [7, 11) is 1.83. The summed E-state index contributed by atoms with van der Waals surface area (Å²) < 4.78 is 17.0. The van der Waals surface area contributed by atoms with Crippen LogP contribution >= 0.6 is 0 Å². The SMILES string of the molecule is CCCNC(C1=COCCC1)C1(OC)CCOCC1. The minimum Gasteiger partial charge on any atom is -0.501 e. The number of rotatable bonds is 6. The van der Waals surface area contributed by atoms with Gasteiger partial charge in [0.25, 0.3) is 0 Å². The minimum absolute atomic E-state index is 0.139. The fourth-order valence-electron chi connectivity index (χ4n) is 3.07. The van der Waals surface area contributed by atoms with Crippen LogP contribution in [0, 0.1) is 0 Å². The smallest absolute Gasteiger partial charge is 0.0914 e. The van der Waals surface area contributed by atoms with E-state index in [2.05, 4.69) is 12.2 Å². The van der Waals surface area contributed by atoms with Crippen molar-refractivity contribution in [3.05, 3.63) is 11.8 Å². The molecule has 0 bridgehead atoms. The summed E-state index contributed by atoms with van der Waals surface area (Å²) in [6.07, 6.45) is 7.18. The number of hydrogen-bond acceptors (Lipinski definition) is 4. The Morgan fingerprint density at radius 3 is 2.74 bits per heavy atom. The zero-order valence-corrected chi connectivity index (χ0v) is 12.2. The van der Waals surface area contributed by atoms with Gasteiger partial charge in [0.1, 0.15) is 0 Å². The molecule has 2 heterocycles. The average molecular weight is 269 g/mol. The molecule has 0 saturated carbocycles. The first-order chi connectivity index (χ1) is 9.32. The first kappa shape index (κ1) is 14.8. The highest BCUT2D eigenvalue weighted by molar-refractivity contribution is 5.18. The van der Waals surface area contributed by atoms with Crippen molar-refractivity contribution in [3.8, 4) is 0 Å². The van der Waals surface area contributed by atoms with Crippen LogP contribution in [0.1, 0.15) is 39.0 Å². The van der Waals surface area contributed by atoms with Gasteiger partial charge in [-0.05, 0) is 31.4 Å². The second-order valence-electron chi connectivity index (χ2n) is 5.44. The van der Waals surface area contributed by atoms with Gasteiger partial charge in [0.15, 0.2) is 0 Å². The number of methoxy groups -OCH3 is 1.